The Morgan fingerprint density at radius 1 is 1.37 bits per heavy atom. The lowest BCUT2D eigenvalue weighted by atomic mass is 10.1. The zero-order chi connectivity index (χ0) is 19.5. The number of nitrogens with one attached hydrogen (secondary N) is 2. The van der Waals surface area contributed by atoms with E-state index in [2.05, 4.69) is 15.6 Å². The first kappa shape index (κ1) is 21.4. The quantitative estimate of drug-likeness (QED) is 0.371. The maximum atomic E-state index is 14.1. The van der Waals surface area contributed by atoms with Crippen LogP contribution in [0.5, 0.6) is 0 Å². The lowest BCUT2D eigenvalue weighted by Crippen LogP contribution is -2.38. The van der Waals surface area contributed by atoms with Crippen molar-refractivity contribution in [3.63, 3.8) is 0 Å². The number of hydrogen-bond donors (Lipinski definition) is 2. The first-order chi connectivity index (χ1) is 13.1. The fraction of sp³-hybridized carbons (Fsp3) is 0.650. The third-order valence-corrected chi connectivity index (χ3v) is 4.39. The highest BCUT2D eigenvalue weighted by Crippen LogP contribution is 2.18. The first-order valence-electron chi connectivity index (χ1n) is 9.73. The van der Waals surface area contributed by atoms with Gasteiger partial charge >= 0.3 is 0 Å². The Morgan fingerprint density at radius 3 is 2.89 bits per heavy atom. The number of guanidine groups is 1. The van der Waals surface area contributed by atoms with Crippen molar-refractivity contribution < 1.29 is 13.9 Å². The lowest BCUT2D eigenvalue weighted by Gasteiger charge is -2.14. The van der Waals surface area contributed by atoms with Crippen LogP contribution in [0.2, 0.25) is 0 Å². The van der Waals surface area contributed by atoms with Crippen molar-refractivity contribution in [2.75, 3.05) is 58.5 Å². The monoisotopic (exact) mass is 380 g/mol. The zero-order valence-electron chi connectivity index (χ0n) is 16.8. The number of halogens is 1. The van der Waals surface area contributed by atoms with E-state index >= 15 is 0 Å². The first-order valence-corrected chi connectivity index (χ1v) is 9.73. The second kappa shape index (κ2) is 11.8. The van der Waals surface area contributed by atoms with E-state index in [4.69, 9.17) is 9.47 Å². The van der Waals surface area contributed by atoms with Gasteiger partial charge in [0.2, 0.25) is 0 Å². The van der Waals surface area contributed by atoms with Gasteiger partial charge in [-0.15, -0.1) is 0 Å². The van der Waals surface area contributed by atoms with Gasteiger partial charge in [0, 0.05) is 46.3 Å². The molecule has 7 heteroatoms. The summed E-state index contributed by atoms with van der Waals surface area (Å²) in [6, 6.07) is 5.24. The number of rotatable bonds is 10. The van der Waals surface area contributed by atoms with Crippen LogP contribution in [-0.2, 0) is 16.0 Å². The summed E-state index contributed by atoms with van der Waals surface area (Å²) in [5, 5.41) is 6.51. The molecule has 0 aliphatic carbocycles. The zero-order valence-corrected chi connectivity index (χ0v) is 16.8. The average Bonchev–Trinajstić information content (AvgIpc) is 3.15. The molecule has 0 amide bonds. The number of ether oxygens (including phenoxy) is 2. The van der Waals surface area contributed by atoms with Crippen molar-refractivity contribution in [3.05, 3.63) is 29.6 Å². The Balaban J connectivity index is 1.72. The maximum Gasteiger partial charge on any atom is 0.191 e. The van der Waals surface area contributed by atoms with Crippen LogP contribution in [0.4, 0.5) is 10.1 Å². The van der Waals surface area contributed by atoms with Gasteiger partial charge in [-0.1, -0.05) is 6.07 Å². The molecule has 1 fully saturated rings. The molecule has 0 bridgehead atoms. The van der Waals surface area contributed by atoms with Gasteiger partial charge in [0.1, 0.15) is 5.82 Å². The SMILES string of the molecule is CCNC(=NCc1ccc(N(C)C)c(F)c1)NCCCOCC1CCOC1. The molecule has 1 aromatic rings. The molecule has 1 aromatic carbocycles. The predicted octanol–water partition coefficient (Wildman–Crippen LogP) is 2.39. The summed E-state index contributed by atoms with van der Waals surface area (Å²) < 4.78 is 25.1. The van der Waals surface area contributed by atoms with E-state index in [0.29, 0.717) is 18.2 Å². The van der Waals surface area contributed by atoms with Crippen LogP contribution in [0.25, 0.3) is 0 Å². The molecule has 1 unspecified atom stereocenters. The van der Waals surface area contributed by atoms with Crippen molar-refractivity contribution in [3.8, 4) is 0 Å². The van der Waals surface area contributed by atoms with Crippen LogP contribution in [0.15, 0.2) is 23.2 Å². The Bertz CT molecular complexity index is 589. The van der Waals surface area contributed by atoms with Crippen molar-refractivity contribution in [2.24, 2.45) is 10.9 Å². The van der Waals surface area contributed by atoms with Gasteiger partial charge in [-0.2, -0.15) is 0 Å². The average molecular weight is 381 g/mol. The van der Waals surface area contributed by atoms with Gasteiger partial charge in [0.25, 0.3) is 0 Å². The normalized spacial score (nSPS) is 17.2. The highest BCUT2D eigenvalue weighted by molar-refractivity contribution is 5.79. The van der Waals surface area contributed by atoms with Gasteiger partial charge in [-0.05, 0) is 37.5 Å². The van der Waals surface area contributed by atoms with E-state index in [1.807, 2.05) is 27.1 Å². The van der Waals surface area contributed by atoms with E-state index in [-0.39, 0.29) is 5.82 Å². The van der Waals surface area contributed by atoms with Crippen LogP contribution in [0.3, 0.4) is 0 Å². The number of anilines is 1. The highest BCUT2D eigenvalue weighted by Gasteiger charge is 2.15. The van der Waals surface area contributed by atoms with Gasteiger partial charge in [0.05, 0.1) is 25.4 Å². The second-order valence-electron chi connectivity index (χ2n) is 6.96. The maximum absolute atomic E-state index is 14.1. The molecule has 0 spiro atoms. The van der Waals surface area contributed by atoms with E-state index in [1.54, 1.807) is 17.0 Å². The van der Waals surface area contributed by atoms with Crippen LogP contribution >= 0.6 is 0 Å². The van der Waals surface area contributed by atoms with Gasteiger partial charge in [-0.3, -0.25) is 0 Å². The Morgan fingerprint density at radius 2 is 2.22 bits per heavy atom. The summed E-state index contributed by atoms with van der Waals surface area (Å²) in [5.41, 5.74) is 1.43. The van der Waals surface area contributed by atoms with Gasteiger partial charge < -0.3 is 25.0 Å². The molecular weight excluding hydrogens is 347 g/mol. The van der Waals surface area contributed by atoms with Crippen LogP contribution in [-0.4, -0.2) is 59.6 Å². The summed E-state index contributed by atoms with van der Waals surface area (Å²) in [7, 11) is 3.66. The standard InChI is InChI=1S/C20H33FN4O2/c1-4-22-20(23-9-5-10-26-14-17-8-11-27-15-17)24-13-16-6-7-19(25(2)3)18(21)12-16/h6-7,12,17H,4-5,8-11,13-15H2,1-3H3,(H2,22,23,24). The summed E-state index contributed by atoms with van der Waals surface area (Å²) in [5.74, 6) is 1.06. The predicted molar refractivity (Wildman–Crippen MR) is 108 cm³/mol. The number of nitrogens with zero attached hydrogens (tertiary/aromatic N) is 2. The molecule has 0 saturated carbocycles. The number of aliphatic imine (C=N–C) groups is 1. The number of benzene rings is 1. The van der Waals surface area contributed by atoms with E-state index in [9.17, 15) is 4.39 Å². The lowest BCUT2D eigenvalue weighted by molar-refractivity contribution is 0.0888. The minimum absolute atomic E-state index is 0.226. The molecule has 1 saturated heterocycles. The van der Waals surface area contributed by atoms with Crippen LogP contribution < -0.4 is 15.5 Å². The Kier molecular flexibility index (Phi) is 9.35. The third-order valence-electron chi connectivity index (χ3n) is 4.39. The fourth-order valence-electron chi connectivity index (χ4n) is 2.87. The summed E-state index contributed by atoms with van der Waals surface area (Å²) in [6.45, 7) is 7.20. The van der Waals surface area contributed by atoms with Gasteiger partial charge in [0.15, 0.2) is 5.96 Å². The highest BCUT2D eigenvalue weighted by atomic mass is 19.1. The van der Waals surface area contributed by atoms with Crippen LogP contribution in [0, 0.1) is 11.7 Å². The summed E-state index contributed by atoms with van der Waals surface area (Å²) in [6.07, 6.45) is 2.01. The molecule has 6 nitrogen and oxygen atoms in total. The molecule has 1 aliphatic heterocycles. The van der Waals surface area contributed by atoms with E-state index in [1.165, 1.54) is 0 Å². The molecule has 1 aliphatic rings. The minimum Gasteiger partial charge on any atom is -0.381 e. The Labute approximate surface area is 162 Å². The summed E-state index contributed by atoms with van der Waals surface area (Å²) >= 11 is 0. The van der Waals surface area contributed by atoms with Crippen LogP contribution in [0.1, 0.15) is 25.3 Å². The van der Waals surface area contributed by atoms with E-state index < -0.39 is 0 Å². The molecule has 0 aromatic heterocycles. The van der Waals surface area contributed by atoms with E-state index in [0.717, 1.165) is 63.9 Å². The van der Waals surface area contributed by atoms with Crippen molar-refractivity contribution in [1.29, 1.82) is 0 Å². The largest absolute Gasteiger partial charge is 0.381 e. The van der Waals surface area contributed by atoms with Crippen molar-refractivity contribution >= 4 is 11.6 Å². The van der Waals surface area contributed by atoms with Crippen molar-refractivity contribution in [1.82, 2.24) is 10.6 Å². The molecule has 1 heterocycles. The topological polar surface area (TPSA) is 58.1 Å². The second-order valence-corrected chi connectivity index (χ2v) is 6.96. The van der Waals surface area contributed by atoms with Crippen molar-refractivity contribution in [2.45, 2.75) is 26.3 Å². The summed E-state index contributed by atoms with van der Waals surface area (Å²) in [4.78, 5) is 6.30. The van der Waals surface area contributed by atoms with Gasteiger partial charge in [-0.25, -0.2) is 9.38 Å². The minimum atomic E-state index is -0.226. The molecular formula is C20H33FN4O2. The number of hydrogen-bond acceptors (Lipinski definition) is 4. The molecule has 2 N–H and O–H groups in total. The smallest absolute Gasteiger partial charge is 0.191 e. The molecule has 27 heavy (non-hydrogen) atoms. The molecule has 0 radical (unpaired) electrons. The molecule has 152 valence electrons. The molecule has 1 atom stereocenters. The molecule has 2 rings (SSSR count). The third kappa shape index (κ3) is 7.72. The Hall–Kier alpha value is -1.86. The fourth-order valence-corrected chi connectivity index (χ4v) is 2.87.